The highest BCUT2D eigenvalue weighted by Crippen LogP contribution is 2.22. The van der Waals surface area contributed by atoms with Gasteiger partial charge in [0.2, 0.25) is 0 Å². The molecule has 1 unspecified atom stereocenters. The van der Waals surface area contributed by atoms with Crippen molar-refractivity contribution in [2.24, 2.45) is 5.73 Å². The highest BCUT2D eigenvalue weighted by Gasteiger charge is 2.18. The standard InChI is InChI=1S/C12H9F2N3O2/c13-6-1-2-8(14)7(5-6)9-3-4-16-11(17-9)10(15)12(18)19/h1-5,10H,15H2,(H,18,19). The maximum atomic E-state index is 13.6. The number of hydrogen-bond donors (Lipinski definition) is 2. The van der Waals surface area contributed by atoms with E-state index in [2.05, 4.69) is 9.97 Å². The summed E-state index contributed by atoms with van der Waals surface area (Å²) in [4.78, 5) is 18.3. The van der Waals surface area contributed by atoms with Crippen LogP contribution in [0.5, 0.6) is 0 Å². The van der Waals surface area contributed by atoms with Crippen LogP contribution in [0.25, 0.3) is 11.3 Å². The van der Waals surface area contributed by atoms with Gasteiger partial charge in [0.05, 0.1) is 5.69 Å². The SMILES string of the molecule is NC(C(=O)O)c1nccc(-c2cc(F)ccc2F)n1. The summed E-state index contributed by atoms with van der Waals surface area (Å²) in [6, 6.07) is 2.83. The van der Waals surface area contributed by atoms with E-state index in [9.17, 15) is 13.6 Å². The zero-order valence-corrected chi connectivity index (χ0v) is 9.55. The number of rotatable bonds is 3. The molecule has 0 radical (unpaired) electrons. The fraction of sp³-hybridized carbons (Fsp3) is 0.0833. The molecule has 1 aromatic carbocycles. The minimum absolute atomic E-state index is 0.0682. The number of halogens is 2. The lowest BCUT2D eigenvalue weighted by molar-refractivity contribution is -0.138. The second kappa shape index (κ2) is 5.07. The third-order valence-corrected chi connectivity index (χ3v) is 2.42. The van der Waals surface area contributed by atoms with Gasteiger partial charge in [0.1, 0.15) is 11.6 Å². The zero-order chi connectivity index (χ0) is 14.0. The Kier molecular flexibility index (Phi) is 3.48. The molecule has 1 heterocycles. The molecular weight excluding hydrogens is 256 g/mol. The molecule has 2 aromatic rings. The maximum Gasteiger partial charge on any atom is 0.328 e. The molecule has 0 saturated carbocycles. The lowest BCUT2D eigenvalue weighted by atomic mass is 10.1. The molecule has 0 aliphatic rings. The number of benzene rings is 1. The van der Waals surface area contributed by atoms with Gasteiger partial charge in [-0.15, -0.1) is 0 Å². The number of aliphatic carboxylic acids is 1. The first-order valence-electron chi connectivity index (χ1n) is 5.26. The molecule has 98 valence electrons. The van der Waals surface area contributed by atoms with Gasteiger partial charge in [0, 0.05) is 11.8 Å². The topological polar surface area (TPSA) is 89.1 Å². The van der Waals surface area contributed by atoms with Crippen LogP contribution < -0.4 is 5.73 Å². The molecule has 0 aliphatic carbocycles. The molecule has 1 aromatic heterocycles. The van der Waals surface area contributed by atoms with Gasteiger partial charge in [-0.25, -0.2) is 18.7 Å². The van der Waals surface area contributed by atoms with Crippen molar-refractivity contribution >= 4 is 5.97 Å². The highest BCUT2D eigenvalue weighted by molar-refractivity contribution is 5.74. The summed E-state index contributed by atoms with van der Waals surface area (Å²) in [6.07, 6.45) is 1.24. The average molecular weight is 265 g/mol. The van der Waals surface area contributed by atoms with Crippen LogP contribution in [-0.2, 0) is 4.79 Å². The molecule has 0 amide bonds. The highest BCUT2D eigenvalue weighted by atomic mass is 19.1. The van der Waals surface area contributed by atoms with Crippen molar-refractivity contribution < 1.29 is 18.7 Å². The van der Waals surface area contributed by atoms with Crippen LogP contribution in [0, 0.1) is 11.6 Å². The van der Waals surface area contributed by atoms with Gasteiger partial charge in [-0.3, -0.25) is 4.79 Å². The van der Waals surface area contributed by atoms with Crippen molar-refractivity contribution in [1.82, 2.24) is 9.97 Å². The summed E-state index contributed by atoms with van der Waals surface area (Å²) in [5, 5.41) is 8.76. The van der Waals surface area contributed by atoms with Crippen LogP contribution >= 0.6 is 0 Å². The van der Waals surface area contributed by atoms with E-state index in [1.165, 1.54) is 12.3 Å². The van der Waals surface area contributed by atoms with Gasteiger partial charge in [0.15, 0.2) is 11.9 Å². The minimum atomic E-state index is -1.42. The Balaban J connectivity index is 2.49. The number of carbonyl (C=O) groups is 1. The quantitative estimate of drug-likeness (QED) is 0.878. The molecule has 1 atom stereocenters. The van der Waals surface area contributed by atoms with Crippen molar-refractivity contribution in [3.8, 4) is 11.3 Å². The summed E-state index contributed by atoms with van der Waals surface area (Å²) in [6.45, 7) is 0. The van der Waals surface area contributed by atoms with Gasteiger partial charge >= 0.3 is 5.97 Å². The molecule has 0 aliphatic heterocycles. The van der Waals surface area contributed by atoms with Crippen LogP contribution in [0.15, 0.2) is 30.5 Å². The first-order valence-corrected chi connectivity index (χ1v) is 5.26. The number of aromatic nitrogens is 2. The van der Waals surface area contributed by atoms with Gasteiger partial charge < -0.3 is 10.8 Å². The first-order chi connectivity index (χ1) is 8.99. The van der Waals surface area contributed by atoms with Gasteiger partial charge in [-0.1, -0.05) is 0 Å². The number of nitrogens with two attached hydrogens (primary N) is 1. The summed E-state index contributed by atoms with van der Waals surface area (Å²) in [5.41, 5.74) is 5.35. The van der Waals surface area contributed by atoms with Crippen LogP contribution in [-0.4, -0.2) is 21.0 Å². The Morgan fingerprint density at radius 2 is 2.05 bits per heavy atom. The Bertz CT molecular complexity index is 634. The van der Waals surface area contributed by atoms with Crippen LogP contribution in [0.4, 0.5) is 8.78 Å². The second-order valence-corrected chi connectivity index (χ2v) is 3.74. The molecule has 7 heteroatoms. The van der Waals surface area contributed by atoms with E-state index in [0.717, 1.165) is 18.2 Å². The number of nitrogens with zero attached hydrogens (tertiary/aromatic N) is 2. The molecule has 0 fully saturated rings. The largest absolute Gasteiger partial charge is 0.480 e. The summed E-state index contributed by atoms with van der Waals surface area (Å²) < 4.78 is 26.7. The Morgan fingerprint density at radius 3 is 2.74 bits per heavy atom. The van der Waals surface area contributed by atoms with Crippen molar-refractivity contribution in [2.75, 3.05) is 0 Å². The van der Waals surface area contributed by atoms with Crippen molar-refractivity contribution in [2.45, 2.75) is 6.04 Å². The first kappa shape index (κ1) is 13.0. The van der Waals surface area contributed by atoms with Crippen molar-refractivity contribution in [1.29, 1.82) is 0 Å². The Labute approximate surface area is 106 Å². The minimum Gasteiger partial charge on any atom is -0.480 e. The Morgan fingerprint density at radius 1 is 1.32 bits per heavy atom. The van der Waals surface area contributed by atoms with Gasteiger partial charge in [-0.2, -0.15) is 0 Å². The molecular formula is C12H9F2N3O2. The smallest absolute Gasteiger partial charge is 0.328 e. The van der Waals surface area contributed by atoms with Crippen LogP contribution in [0.2, 0.25) is 0 Å². The van der Waals surface area contributed by atoms with E-state index in [0.29, 0.717) is 0 Å². The summed E-state index contributed by atoms with van der Waals surface area (Å²) in [5.74, 6) is -2.78. The van der Waals surface area contributed by atoms with E-state index >= 15 is 0 Å². The third kappa shape index (κ3) is 2.71. The van der Waals surface area contributed by atoms with E-state index in [4.69, 9.17) is 10.8 Å². The monoisotopic (exact) mass is 265 g/mol. The molecule has 0 saturated heterocycles. The normalized spacial score (nSPS) is 12.2. The van der Waals surface area contributed by atoms with Crippen molar-refractivity contribution in [3.63, 3.8) is 0 Å². The van der Waals surface area contributed by atoms with E-state index in [-0.39, 0.29) is 17.1 Å². The number of carboxylic acids is 1. The number of hydrogen-bond acceptors (Lipinski definition) is 4. The predicted octanol–water partition coefficient (Wildman–Crippen LogP) is 1.51. The molecule has 19 heavy (non-hydrogen) atoms. The van der Waals surface area contributed by atoms with E-state index in [1.807, 2.05) is 0 Å². The fourth-order valence-corrected chi connectivity index (χ4v) is 1.48. The second-order valence-electron chi connectivity index (χ2n) is 3.74. The molecule has 0 spiro atoms. The van der Waals surface area contributed by atoms with E-state index < -0.39 is 23.6 Å². The summed E-state index contributed by atoms with van der Waals surface area (Å²) in [7, 11) is 0. The average Bonchev–Trinajstić information content (AvgIpc) is 2.40. The number of carboxylic acid groups (broad SMARTS) is 1. The molecule has 2 rings (SSSR count). The van der Waals surface area contributed by atoms with Crippen LogP contribution in [0.3, 0.4) is 0 Å². The van der Waals surface area contributed by atoms with E-state index in [1.54, 1.807) is 0 Å². The van der Waals surface area contributed by atoms with Gasteiger partial charge in [0.25, 0.3) is 0 Å². The van der Waals surface area contributed by atoms with Crippen molar-refractivity contribution in [3.05, 3.63) is 47.9 Å². The molecule has 0 bridgehead atoms. The molecule has 3 N–H and O–H groups in total. The summed E-state index contributed by atoms with van der Waals surface area (Å²) >= 11 is 0. The molecule has 5 nitrogen and oxygen atoms in total. The predicted molar refractivity (Wildman–Crippen MR) is 61.9 cm³/mol. The Hall–Kier alpha value is -2.41. The fourth-order valence-electron chi connectivity index (χ4n) is 1.48. The van der Waals surface area contributed by atoms with Gasteiger partial charge in [-0.05, 0) is 24.3 Å². The maximum absolute atomic E-state index is 13.6. The van der Waals surface area contributed by atoms with Crippen LogP contribution in [0.1, 0.15) is 11.9 Å². The zero-order valence-electron chi connectivity index (χ0n) is 9.55. The third-order valence-electron chi connectivity index (χ3n) is 2.42. The lowest BCUT2D eigenvalue weighted by Crippen LogP contribution is -2.23. The lowest BCUT2D eigenvalue weighted by Gasteiger charge is -2.07.